The lowest BCUT2D eigenvalue weighted by Gasteiger charge is -2.24. The first-order valence-electron chi connectivity index (χ1n) is 6.20. The fourth-order valence-corrected chi connectivity index (χ4v) is 2.47. The molecule has 1 aliphatic carbocycles. The number of nitrogens with zero attached hydrogens (tertiary/aromatic N) is 1. The predicted molar refractivity (Wildman–Crippen MR) is 70.2 cm³/mol. The Morgan fingerprint density at radius 3 is 2.67 bits per heavy atom. The molecule has 0 N–H and O–H groups in total. The normalized spacial score (nSPS) is 16.5. The van der Waals surface area contributed by atoms with Crippen molar-refractivity contribution >= 4 is 17.3 Å². The second kappa shape index (κ2) is 6.05. The summed E-state index contributed by atoms with van der Waals surface area (Å²) in [6, 6.07) is 4.61. The first kappa shape index (κ1) is 13.1. The Morgan fingerprint density at radius 1 is 1.33 bits per heavy atom. The van der Waals surface area contributed by atoms with E-state index in [-0.39, 0.29) is 17.7 Å². The van der Waals surface area contributed by atoms with Gasteiger partial charge in [0.2, 0.25) is 0 Å². The average molecular weight is 270 g/mol. The number of rotatable bonds is 4. The predicted octanol–water partition coefficient (Wildman–Crippen LogP) is 4.05. The van der Waals surface area contributed by atoms with E-state index in [9.17, 15) is 10.1 Å². The van der Waals surface area contributed by atoms with Crippen LogP contribution in [0.1, 0.15) is 37.7 Å². The van der Waals surface area contributed by atoms with Crippen LogP contribution in [0.2, 0.25) is 0 Å². The highest BCUT2D eigenvalue weighted by Gasteiger charge is 2.17. The molecule has 1 aliphatic rings. The molecule has 98 valence electrons. The van der Waals surface area contributed by atoms with Crippen LogP contribution in [0.4, 0.5) is 5.69 Å². The minimum absolute atomic E-state index is 0.0571. The molecule has 1 fully saturated rings. The van der Waals surface area contributed by atoms with Crippen molar-refractivity contribution in [3.8, 4) is 5.75 Å². The Hall–Kier alpha value is -1.29. The summed E-state index contributed by atoms with van der Waals surface area (Å²) in [7, 11) is 0. The zero-order chi connectivity index (χ0) is 13.0. The lowest BCUT2D eigenvalue weighted by molar-refractivity contribution is -0.384. The zero-order valence-electron chi connectivity index (χ0n) is 10.1. The van der Waals surface area contributed by atoms with Crippen LogP contribution in [0.3, 0.4) is 0 Å². The van der Waals surface area contributed by atoms with Crippen LogP contribution in [0.5, 0.6) is 5.75 Å². The van der Waals surface area contributed by atoms with Crippen LogP contribution in [0.15, 0.2) is 18.2 Å². The monoisotopic (exact) mass is 269 g/mol. The first-order chi connectivity index (χ1) is 8.70. The summed E-state index contributed by atoms with van der Waals surface area (Å²) in [6.07, 6.45) is 5.98. The molecule has 0 saturated heterocycles. The molecule has 0 radical (unpaired) electrons. The van der Waals surface area contributed by atoms with E-state index in [1.807, 2.05) is 0 Å². The number of alkyl halides is 1. The van der Waals surface area contributed by atoms with Gasteiger partial charge < -0.3 is 4.74 Å². The van der Waals surface area contributed by atoms with E-state index in [1.165, 1.54) is 31.4 Å². The van der Waals surface area contributed by atoms with Gasteiger partial charge >= 0.3 is 0 Å². The van der Waals surface area contributed by atoms with E-state index in [4.69, 9.17) is 16.3 Å². The first-order valence-corrected chi connectivity index (χ1v) is 6.74. The van der Waals surface area contributed by atoms with Gasteiger partial charge in [-0.2, -0.15) is 0 Å². The maximum absolute atomic E-state index is 10.7. The number of benzene rings is 1. The lowest BCUT2D eigenvalue weighted by atomic mass is 9.98. The number of halogens is 1. The summed E-state index contributed by atoms with van der Waals surface area (Å²) in [4.78, 5) is 10.3. The van der Waals surface area contributed by atoms with Crippen molar-refractivity contribution in [2.24, 2.45) is 0 Å². The molecular formula is C13H16ClNO3. The van der Waals surface area contributed by atoms with Gasteiger partial charge in [-0.05, 0) is 31.7 Å². The van der Waals surface area contributed by atoms with Crippen LogP contribution < -0.4 is 4.74 Å². The van der Waals surface area contributed by atoms with Crippen molar-refractivity contribution in [2.45, 2.75) is 44.1 Å². The molecule has 4 nitrogen and oxygen atoms in total. The number of hydrogen-bond donors (Lipinski definition) is 0. The van der Waals surface area contributed by atoms with Crippen molar-refractivity contribution in [3.63, 3.8) is 0 Å². The van der Waals surface area contributed by atoms with Gasteiger partial charge in [-0.25, -0.2) is 0 Å². The number of hydrogen-bond acceptors (Lipinski definition) is 3. The maximum Gasteiger partial charge on any atom is 0.270 e. The van der Waals surface area contributed by atoms with Gasteiger partial charge in [0.15, 0.2) is 0 Å². The molecule has 0 aromatic heterocycles. The summed E-state index contributed by atoms with van der Waals surface area (Å²) in [5.41, 5.74) is 0.748. The largest absolute Gasteiger partial charge is 0.490 e. The lowest BCUT2D eigenvalue weighted by Crippen LogP contribution is -2.20. The molecule has 1 aromatic carbocycles. The minimum Gasteiger partial charge on any atom is -0.490 e. The van der Waals surface area contributed by atoms with Crippen LogP contribution in [-0.2, 0) is 5.88 Å². The zero-order valence-corrected chi connectivity index (χ0v) is 10.9. The van der Waals surface area contributed by atoms with Crippen molar-refractivity contribution in [2.75, 3.05) is 0 Å². The molecule has 0 unspecified atom stereocenters. The van der Waals surface area contributed by atoms with E-state index in [2.05, 4.69) is 0 Å². The number of nitro benzene ring substituents is 1. The highest BCUT2D eigenvalue weighted by atomic mass is 35.5. The number of nitro groups is 1. The molecule has 5 heteroatoms. The molecular weight excluding hydrogens is 254 g/mol. The fourth-order valence-electron chi connectivity index (χ4n) is 2.26. The Balaban J connectivity index is 2.13. The van der Waals surface area contributed by atoms with Crippen molar-refractivity contribution < 1.29 is 9.66 Å². The van der Waals surface area contributed by atoms with Crippen LogP contribution in [0, 0.1) is 10.1 Å². The van der Waals surface area contributed by atoms with E-state index in [0.29, 0.717) is 11.3 Å². The number of non-ortho nitro benzene ring substituents is 1. The quantitative estimate of drug-likeness (QED) is 0.471. The molecule has 1 aromatic rings. The van der Waals surface area contributed by atoms with Gasteiger partial charge in [-0.15, -0.1) is 11.6 Å². The summed E-state index contributed by atoms with van der Waals surface area (Å²) in [5, 5.41) is 10.7. The molecule has 2 rings (SSSR count). The van der Waals surface area contributed by atoms with Crippen LogP contribution >= 0.6 is 11.6 Å². The average Bonchev–Trinajstić information content (AvgIpc) is 2.40. The second-order valence-corrected chi connectivity index (χ2v) is 4.83. The third-order valence-electron chi connectivity index (χ3n) is 3.24. The maximum atomic E-state index is 10.7. The third-order valence-corrected chi connectivity index (χ3v) is 3.53. The molecule has 18 heavy (non-hydrogen) atoms. The standard InChI is InChI=1S/C13H16ClNO3/c14-9-10-8-11(15(16)17)6-7-13(10)18-12-4-2-1-3-5-12/h6-8,12H,1-5,9H2. The highest BCUT2D eigenvalue weighted by Crippen LogP contribution is 2.29. The van der Waals surface area contributed by atoms with E-state index >= 15 is 0 Å². The molecule has 0 amide bonds. The van der Waals surface area contributed by atoms with Gasteiger partial charge in [0, 0.05) is 17.7 Å². The SMILES string of the molecule is O=[N+]([O-])c1ccc(OC2CCCCC2)c(CCl)c1. The molecule has 1 saturated carbocycles. The van der Waals surface area contributed by atoms with Crippen molar-refractivity contribution in [1.82, 2.24) is 0 Å². The molecule has 0 heterocycles. The third kappa shape index (κ3) is 3.13. The minimum atomic E-state index is -0.416. The Kier molecular flexibility index (Phi) is 4.42. The van der Waals surface area contributed by atoms with Gasteiger partial charge in [-0.3, -0.25) is 10.1 Å². The van der Waals surface area contributed by atoms with E-state index < -0.39 is 4.92 Å². The molecule has 0 bridgehead atoms. The summed E-state index contributed by atoms with van der Waals surface area (Å²) in [6.45, 7) is 0. The van der Waals surface area contributed by atoms with Crippen LogP contribution in [-0.4, -0.2) is 11.0 Å². The van der Waals surface area contributed by atoms with E-state index in [0.717, 1.165) is 12.8 Å². The second-order valence-electron chi connectivity index (χ2n) is 4.56. The fraction of sp³-hybridized carbons (Fsp3) is 0.538. The smallest absolute Gasteiger partial charge is 0.270 e. The summed E-state index contributed by atoms with van der Waals surface area (Å²) >= 11 is 5.82. The number of ether oxygens (including phenoxy) is 1. The van der Waals surface area contributed by atoms with Gasteiger partial charge in [0.05, 0.1) is 16.9 Å². The summed E-state index contributed by atoms with van der Waals surface area (Å²) in [5.74, 6) is 0.909. The Bertz CT molecular complexity index is 430. The summed E-state index contributed by atoms with van der Waals surface area (Å²) < 4.78 is 5.91. The Morgan fingerprint density at radius 2 is 2.06 bits per heavy atom. The van der Waals surface area contributed by atoms with Gasteiger partial charge in [0.1, 0.15) is 5.75 Å². The Labute approximate surface area is 111 Å². The highest BCUT2D eigenvalue weighted by molar-refractivity contribution is 6.17. The van der Waals surface area contributed by atoms with Crippen LogP contribution in [0.25, 0.3) is 0 Å². The van der Waals surface area contributed by atoms with Crippen molar-refractivity contribution in [3.05, 3.63) is 33.9 Å². The van der Waals surface area contributed by atoms with Gasteiger partial charge in [0.25, 0.3) is 5.69 Å². The van der Waals surface area contributed by atoms with Gasteiger partial charge in [-0.1, -0.05) is 6.42 Å². The van der Waals surface area contributed by atoms with E-state index in [1.54, 1.807) is 6.07 Å². The molecule has 0 atom stereocenters. The van der Waals surface area contributed by atoms with Crippen molar-refractivity contribution in [1.29, 1.82) is 0 Å². The topological polar surface area (TPSA) is 52.4 Å². The molecule has 0 spiro atoms. The molecule has 0 aliphatic heterocycles.